The predicted molar refractivity (Wildman–Crippen MR) is 62.7 cm³/mol. The fourth-order valence-corrected chi connectivity index (χ4v) is 1.84. The van der Waals surface area contributed by atoms with Gasteiger partial charge in [0.15, 0.2) is 0 Å². The van der Waals surface area contributed by atoms with Gasteiger partial charge in [-0.05, 0) is 52.6 Å². The molecule has 3 heteroatoms. The molecule has 0 radical (unpaired) electrons. The zero-order chi connectivity index (χ0) is 11.5. The Balaban J connectivity index is 2.40. The Kier molecular flexibility index (Phi) is 4.14. The molecule has 0 saturated carbocycles. The maximum absolute atomic E-state index is 12.0. The van der Waals surface area contributed by atoms with Crippen LogP contribution in [0.3, 0.4) is 0 Å². The number of carbonyl (C=O) groups is 1. The Morgan fingerprint density at radius 3 is 2.33 bits per heavy atom. The minimum absolute atomic E-state index is 0.0516. The predicted octanol–water partition coefficient (Wildman–Crippen LogP) is 1.63. The van der Waals surface area contributed by atoms with E-state index >= 15 is 0 Å². The molecule has 0 aromatic rings. The van der Waals surface area contributed by atoms with E-state index < -0.39 is 0 Å². The van der Waals surface area contributed by atoms with E-state index in [0.717, 1.165) is 32.4 Å². The number of amides is 1. The van der Waals surface area contributed by atoms with Crippen LogP contribution in [0.25, 0.3) is 0 Å². The summed E-state index contributed by atoms with van der Waals surface area (Å²) in [6.45, 7) is 8.36. The molecule has 1 aliphatic rings. The molecule has 1 saturated heterocycles. The highest BCUT2D eigenvalue weighted by Crippen LogP contribution is 2.19. The van der Waals surface area contributed by atoms with Crippen molar-refractivity contribution in [2.24, 2.45) is 5.92 Å². The van der Waals surface area contributed by atoms with Gasteiger partial charge in [0.25, 0.3) is 0 Å². The van der Waals surface area contributed by atoms with Gasteiger partial charge in [-0.15, -0.1) is 0 Å². The smallest absolute Gasteiger partial charge is 0.223 e. The Morgan fingerprint density at radius 2 is 1.87 bits per heavy atom. The average molecular weight is 212 g/mol. The fourth-order valence-electron chi connectivity index (χ4n) is 1.84. The van der Waals surface area contributed by atoms with Crippen LogP contribution in [-0.2, 0) is 4.79 Å². The molecule has 3 nitrogen and oxygen atoms in total. The van der Waals surface area contributed by atoms with E-state index in [1.165, 1.54) is 0 Å². The van der Waals surface area contributed by atoms with Gasteiger partial charge < -0.3 is 10.2 Å². The summed E-state index contributed by atoms with van der Waals surface area (Å²) in [5, 5.41) is 3.32. The molecular formula is C12H24N2O. The Labute approximate surface area is 93.2 Å². The molecule has 1 rings (SSSR count). The van der Waals surface area contributed by atoms with E-state index in [4.69, 9.17) is 0 Å². The van der Waals surface area contributed by atoms with Crippen molar-refractivity contribution in [2.45, 2.75) is 45.6 Å². The lowest BCUT2D eigenvalue weighted by Crippen LogP contribution is -2.43. The van der Waals surface area contributed by atoms with Crippen molar-refractivity contribution in [3.05, 3.63) is 0 Å². The standard InChI is InChI=1S/C12H24N2O/c1-12(2,3)14(4)11(15)9-10-5-7-13-8-6-10/h10,13H,5-9H2,1-4H3. The molecule has 0 unspecified atom stereocenters. The van der Waals surface area contributed by atoms with Gasteiger partial charge >= 0.3 is 0 Å². The minimum atomic E-state index is -0.0516. The minimum Gasteiger partial charge on any atom is -0.341 e. The van der Waals surface area contributed by atoms with Crippen molar-refractivity contribution in [2.75, 3.05) is 20.1 Å². The highest BCUT2D eigenvalue weighted by molar-refractivity contribution is 5.76. The highest BCUT2D eigenvalue weighted by Gasteiger charge is 2.25. The van der Waals surface area contributed by atoms with Gasteiger partial charge in [-0.1, -0.05) is 0 Å². The third kappa shape index (κ3) is 3.82. The van der Waals surface area contributed by atoms with Gasteiger partial charge in [0, 0.05) is 19.0 Å². The van der Waals surface area contributed by atoms with Crippen molar-refractivity contribution >= 4 is 5.91 Å². The second-order valence-corrected chi connectivity index (χ2v) is 5.52. The van der Waals surface area contributed by atoms with E-state index in [1.54, 1.807) is 0 Å². The van der Waals surface area contributed by atoms with Crippen LogP contribution in [0.1, 0.15) is 40.0 Å². The first-order valence-electron chi connectivity index (χ1n) is 5.88. The second-order valence-electron chi connectivity index (χ2n) is 5.52. The van der Waals surface area contributed by atoms with Crippen molar-refractivity contribution in [1.29, 1.82) is 0 Å². The van der Waals surface area contributed by atoms with E-state index in [-0.39, 0.29) is 11.4 Å². The molecule has 0 spiro atoms. The summed E-state index contributed by atoms with van der Waals surface area (Å²) in [5.74, 6) is 0.873. The first kappa shape index (κ1) is 12.5. The van der Waals surface area contributed by atoms with E-state index in [9.17, 15) is 4.79 Å². The zero-order valence-corrected chi connectivity index (χ0v) is 10.5. The summed E-state index contributed by atoms with van der Waals surface area (Å²) >= 11 is 0. The van der Waals surface area contributed by atoms with E-state index in [1.807, 2.05) is 11.9 Å². The van der Waals surface area contributed by atoms with Crippen LogP contribution >= 0.6 is 0 Å². The summed E-state index contributed by atoms with van der Waals surface area (Å²) in [4.78, 5) is 13.8. The van der Waals surface area contributed by atoms with Gasteiger partial charge in [0.05, 0.1) is 0 Å². The SMILES string of the molecule is CN(C(=O)CC1CCNCC1)C(C)(C)C. The van der Waals surface area contributed by atoms with Crippen molar-refractivity contribution < 1.29 is 4.79 Å². The molecule has 0 bridgehead atoms. The van der Waals surface area contributed by atoms with Gasteiger partial charge in [-0.3, -0.25) is 4.79 Å². The molecule has 0 aliphatic carbocycles. The fraction of sp³-hybridized carbons (Fsp3) is 0.917. The molecule has 1 heterocycles. The molecule has 1 aliphatic heterocycles. The second kappa shape index (κ2) is 4.97. The Bertz CT molecular complexity index is 214. The number of nitrogens with zero attached hydrogens (tertiary/aromatic N) is 1. The molecule has 0 aromatic carbocycles. The molecule has 1 amide bonds. The van der Waals surface area contributed by atoms with Gasteiger partial charge in [-0.2, -0.15) is 0 Å². The van der Waals surface area contributed by atoms with Crippen molar-refractivity contribution in [3.8, 4) is 0 Å². The molecular weight excluding hydrogens is 188 g/mol. The summed E-state index contributed by atoms with van der Waals surface area (Å²) in [6, 6.07) is 0. The van der Waals surface area contributed by atoms with Crippen LogP contribution in [0.4, 0.5) is 0 Å². The van der Waals surface area contributed by atoms with E-state index in [0.29, 0.717) is 5.92 Å². The zero-order valence-electron chi connectivity index (χ0n) is 10.5. The molecule has 1 fully saturated rings. The van der Waals surface area contributed by atoms with E-state index in [2.05, 4.69) is 26.1 Å². The van der Waals surface area contributed by atoms with Gasteiger partial charge in [0.2, 0.25) is 5.91 Å². The number of hydrogen-bond donors (Lipinski definition) is 1. The van der Waals surface area contributed by atoms with Crippen LogP contribution in [0.15, 0.2) is 0 Å². The third-order valence-electron chi connectivity index (χ3n) is 3.30. The van der Waals surface area contributed by atoms with Crippen LogP contribution in [0, 0.1) is 5.92 Å². The quantitative estimate of drug-likeness (QED) is 0.754. The van der Waals surface area contributed by atoms with Crippen LogP contribution < -0.4 is 5.32 Å². The average Bonchev–Trinajstić information content (AvgIpc) is 2.16. The molecule has 0 atom stereocenters. The molecule has 88 valence electrons. The van der Waals surface area contributed by atoms with Crippen LogP contribution in [0.5, 0.6) is 0 Å². The van der Waals surface area contributed by atoms with Crippen molar-refractivity contribution in [1.82, 2.24) is 10.2 Å². The van der Waals surface area contributed by atoms with Gasteiger partial charge in [0.1, 0.15) is 0 Å². The number of nitrogens with one attached hydrogen (secondary N) is 1. The topological polar surface area (TPSA) is 32.3 Å². The lowest BCUT2D eigenvalue weighted by molar-refractivity contribution is -0.135. The maximum atomic E-state index is 12.0. The monoisotopic (exact) mass is 212 g/mol. The normalized spacial score (nSPS) is 18.9. The van der Waals surface area contributed by atoms with Crippen molar-refractivity contribution in [3.63, 3.8) is 0 Å². The lowest BCUT2D eigenvalue weighted by Gasteiger charge is -2.33. The van der Waals surface area contributed by atoms with Gasteiger partial charge in [-0.25, -0.2) is 0 Å². The largest absolute Gasteiger partial charge is 0.341 e. The maximum Gasteiger partial charge on any atom is 0.223 e. The third-order valence-corrected chi connectivity index (χ3v) is 3.30. The molecule has 15 heavy (non-hydrogen) atoms. The first-order chi connectivity index (χ1) is 6.91. The summed E-state index contributed by atoms with van der Waals surface area (Å²) < 4.78 is 0. The number of carbonyl (C=O) groups excluding carboxylic acids is 1. The lowest BCUT2D eigenvalue weighted by atomic mass is 9.93. The number of rotatable bonds is 2. The van der Waals surface area contributed by atoms with Crippen LogP contribution in [-0.4, -0.2) is 36.5 Å². The highest BCUT2D eigenvalue weighted by atomic mass is 16.2. The summed E-state index contributed by atoms with van der Waals surface area (Å²) in [6.07, 6.45) is 3.00. The summed E-state index contributed by atoms with van der Waals surface area (Å²) in [7, 11) is 1.91. The Morgan fingerprint density at radius 1 is 1.33 bits per heavy atom. The summed E-state index contributed by atoms with van der Waals surface area (Å²) in [5.41, 5.74) is -0.0516. The molecule has 1 N–H and O–H groups in total. The molecule has 0 aromatic heterocycles. The number of hydrogen-bond acceptors (Lipinski definition) is 2. The van der Waals surface area contributed by atoms with Crippen LogP contribution in [0.2, 0.25) is 0 Å². The first-order valence-corrected chi connectivity index (χ1v) is 5.88. The Hall–Kier alpha value is -0.570. The number of piperidine rings is 1.